The largest absolute Gasteiger partial charge is 2.00 e. The first-order chi connectivity index (χ1) is 4.83. The van der Waals surface area contributed by atoms with Crippen molar-refractivity contribution in [3.63, 3.8) is 0 Å². The second-order valence-corrected chi connectivity index (χ2v) is 1.44. The smallest absolute Gasteiger partial charge is 0.293 e. The molecule has 0 nitrogen and oxygen atoms in total. The molecule has 0 aromatic carbocycles. The molecule has 0 aromatic rings. The maximum absolute atomic E-state index is 4.93. The van der Waals surface area contributed by atoms with Gasteiger partial charge in [0.15, 0.2) is 0 Å². The molecule has 0 spiro atoms. The summed E-state index contributed by atoms with van der Waals surface area (Å²) in [6.07, 6.45) is 10.3. The quantitative estimate of drug-likeness (QED) is 0.535. The van der Waals surface area contributed by atoms with Gasteiger partial charge in [-0.3, -0.25) is 13.2 Å². The van der Waals surface area contributed by atoms with Crippen LogP contribution in [0.1, 0.15) is 13.8 Å². The minimum atomic E-state index is 0. The molecule has 0 bridgehead atoms. The Labute approximate surface area is 114 Å². The number of hydrogen-bond donors (Lipinski definition) is 0. The van der Waals surface area contributed by atoms with E-state index in [-0.39, 0.29) is 51.0 Å². The van der Waals surface area contributed by atoms with Crippen LogP contribution >= 0.6 is 24.8 Å². The maximum Gasteiger partial charge on any atom is 2.00 e. The van der Waals surface area contributed by atoms with E-state index in [0.717, 1.165) is 0 Å². The van der Waals surface area contributed by atoms with Gasteiger partial charge < -0.3 is 0 Å². The summed E-state index contributed by atoms with van der Waals surface area (Å²) in [6, 6.07) is 0. The predicted molar refractivity (Wildman–Crippen MR) is 61.9 cm³/mol. The van der Waals surface area contributed by atoms with Gasteiger partial charge in [0.05, 0.1) is 0 Å². The molecule has 0 amide bonds. The summed E-state index contributed by atoms with van der Waals surface area (Å²) >= 11 is 0. The van der Waals surface area contributed by atoms with Gasteiger partial charge in [-0.15, -0.1) is 24.8 Å². The third-order valence-corrected chi connectivity index (χ3v) is 0.607. The van der Waals surface area contributed by atoms with Crippen LogP contribution in [-0.2, 0) is 26.2 Å². The monoisotopic (exact) mass is 296 g/mol. The van der Waals surface area contributed by atoms with Gasteiger partial charge >= 0.3 is 26.2 Å². The molecule has 13 heavy (non-hydrogen) atoms. The topological polar surface area (TPSA) is 0 Å². The molecule has 0 aliphatic heterocycles. The number of halogens is 2. The van der Waals surface area contributed by atoms with Crippen molar-refractivity contribution in [3.8, 4) is 0 Å². The predicted octanol–water partition coefficient (Wildman–Crippen LogP) is 3.94. The van der Waals surface area contributed by atoms with E-state index in [2.05, 4.69) is 0 Å². The Morgan fingerprint density at radius 1 is 0.769 bits per heavy atom. The SMILES string of the molecule is Cl.Cl.[CH-]=CC=CC.[CH-]=CC=CC.[Zr+2]. The van der Waals surface area contributed by atoms with E-state index in [1.54, 1.807) is 12.2 Å². The van der Waals surface area contributed by atoms with Gasteiger partial charge in [0.1, 0.15) is 0 Å². The molecular formula is C10H16Cl2Zr. The summed E-state index contributed by atoms with van der Waals surface area (Å²) < 4.78 is 0. The van der Waals surface area contributed by atoms with Gasteiger partial charge in [-0.25, -0.2) is 24.3 Å². The molecule has 0 N–H and O–H groups in total. The molecule has 0 aliphatic carbocycles. The van der Waals surface area contributed by atoms with E-state index in [0.29, 0.717) is 0 Å². The molecule has 0 fully saturated rings. The molecule has 0 rings (SSSR count). The zero-order chi connectivity index (χ0) is 8.24. The summed E-state index contributed by atoms with van der Waals surface area (Å²) in [5.41, 5.74) is 0. The van der Waals surface area contributed by atoms with Gasteiger partial charge in [-0.05, 0) is 0 Å². The Kier molecular flexibility index (Phi) is 88.3. The minimum absolute atomic E-state index is 0. The number of allylic oxidation sites excluding steroid dienone is 6. The van der Waals surface area contributed by atoms with Crippen LogP contribution in [0.5, 0.6) is 0 Å². The Morgan fingerprint density at radius 3 is 1.00 bits per heavy atom. The van der Waals surface area contributed by atoms with Crippen LogP contribution in [0.4, 0.5) is 0 Å². The van der Waals surface area contributed by atoms with E-state index < -0.39 is 0 Å². The molecule has 0 heterocycles. The van der Waals surface area contributed by atoms with Crippen LogP contribution < -0.4 is 0 Å². The second-order valence-electron chi connectivity index (χ2n) is 1.44. The normalized spacial score (nSPS) is 6.92. The number of rotatable bonds is 2. The molecule has 0 saturated heterocycles. The van der Waals surface area contributed by atoms with Crippen LogP contribution in [0.15, 0.2) is 36.5 Å². The van der Waals surface area contributed by atoms with Crippen molar-refractivity contribution in [3.05, 3.63) is 49.6 Å². The van der Waals surface area contributed by atoms with Crippen molar-refractivity contribution in [1.82, 2.24) is 0 Å². The summed E-state index contributed by atoms with van der Waals surface area (Å²) in [5, 5.41) is 0. The van der Waals surface area contributed by atoms with Gasteiger partial charge in [0.2, 0.25) is 0 Å². The summed E-state index contributed by atoms with van der Waals surface area (Å²) in [7, 11) is 0. The first kappa shape index (κ1) is 29.2. The van der Waals surface area contributed by atoms with Crippen LogP contribution in [0.2, 0.25) is 0 Å². The van der Waals surface area contributed by atoms with E-state index in [4.69, 9.17) is 13.2 Å². The van der Waals surface area contributed by atoms with Crippen molar-refractivity contribution >= 4 is 24.8 Å². The zero-order valence-electron chi connectivity index (χ0n) is 7.94. The van der Waals surface area contributed by atoms with Gasteiger partial charge in [0.25, 0.3) is 0 Å². The fourth-order valence-corrected chi connectivity index (χ4v) is 0.222. The van der Waals surface area contributed by atoms with Crippen molar-refractivity contribution < 1.29 is 26.2 Å². The molecule has 0 unspecified atom stereocenters. The molecule has 0 aliphatic rings. The third-order valence-electron chi connectivity index (χ3n) is 0.607. The molecule has 0 aromatic heterocycles. The van der Waals surface area contributed by atoms with E-state index in [9.17, 15) is 0 Å². The Balaban J connectivity index is -0.0000000267. The van der Waals surface area contributed by atoms with Crippen LogP contribution in [0, 0.1) is 13.2 Å². The van der Waals surface area contributed by atoms with Gasteiger partial charge in [0, 0.05) is 0 Å². The number of hydrogen-bond acceptors (Lipinski definition) is 0. The van der Waals surface area contributed by atoms with Gasteiger partial charge in [-0.2, -0.15) is 12.2 Å². The average molecular weight is 298 g/mol. The summed E-state index contributed by atoms with van der Waals surface area (Å²) in [6.45, 7) is 13.7. The standard InChI is InChI=1S/2C5H7.2ClH.Zr/c2*1-3-5-4-2;;;/h2*1,3-5H,2H3;2*1H;/q2*-1;;;+2. The summed E-state index contributed by atoms with van der Waals surface area (Å²) in [5.74, 6) is 0. The fourth-order valence-electron chi connectivity index (χ4n) is 0.222. The van der Waals surface area contributed by atoms with Crippen molar-refractivity contribution in [2.45, 2.75) is 13.8 Å². The maximum atomic E-state index is 4.93. The second kappa shape index (κ2) is 39.3. The Morgan fingerprint density at radius 2 is 1.00 bits per heavy atom. The molecular weight excluding hydrogens is 282 g/mol. The molecule has 0 radical (unpaired) electrons. The zero-order valence-corrected chi connectivity index (χ0v) is 12.0. The van der Waals surface area contributed by atoms with Crippen molar-refractivity contribution in [2.75, 3.05) is 0 Å². The molecule has 0 atom stereocenters. The van der Waals surface area contributed by atoms with Crippen LogP contribution in [0.25, 0.3) is 0 Å². The average Bonchev–Trinajstić information content (AvgIpc) is 1.93. The minimum Gasteiger partial charge on any atom is -0.293 e. The van der Waals surface area contributed by atoms with Crippen molar-refractivity contribution in [2.24, 2.45) is 0 Å². The molecule has 3 heteroatoms. The molecule has 0 saturated carbocycles. The summed E-state index contributed by atoms with van der Waals surface area (Å²) in [4.78, 5) is 0. The van der Waals surface area contributed by atoms with Gasteiger partial charge in [-0.1, -0.05) is 13.8 Å². The Hall–Kier alpha value is 0.423. The first-order valence-corrected chi connectivity index (χ1v) is 3.15. The van der Waals surface area contributed by atoms with Crippen LogP contribution in [-0.4, -0.2) is 0 Å². The van der Waals surface area contributed by atoms with E-state index in [1.807, 2.05) is 26.0 Å². The van der Waals surface area contributed by atoms with Crippen molar-refractivity contribution in [1.29, 1.82) is 0 Å². The Bertz CT molecular complexity index is 113. The van der Waals surface area contributed by atoms with E-state index >= 15 is 0 Å². The first-order valence-electron chi connectivity index (χ1n) is 3.15. The van der Waals surface area contributed by atoms with Crippen LogP contribution in [0.3, 0.4) is 0 Å². The fraction of sp³-hybridized carbons (Fsp3) is 0.200. The van der Waals surface area contributed by atoms with E-state index in [1.165, 1.54) is 12.2 Å². The molecule has 74 valence electrons. The third kappa shape index (κ3) is 69.0.